The van der Waals surface area contributed by atoms with Crippen LogP contribution in [0, 0.1) is 5.92 Å². The van der Waals surface area contributed by atoms with Crippen molar-refractivity contribution in [2.75, 3.05) is 18.1 Å². The van der Waals surface area contributed by atoms with Crippen molar-refractivity contribution in [2.24, 2.45) is 5.92 Å². The van der Waals surface area contributed by atoms with Crippen LogP contribution in [0.5, 0.6) is 5.88 Å². The van der Waals surface area contributed by atoms with E-state index in [-0.39, 0.29) is 12.1 Å². The zero-order valence-corrected chi connectivity index (χ0v) is 9.61. The number of hydrogen-bond acceptors (Lipinski definition) is 5. The lowest BCUT2D eigenvalue weighted by Crippen LogP contribution is -2.19. The van der Waals surface area contributed by atoms with Gasteiger partial charge in [0.25, 0.3) is 0 Å². The predicted octanol–water partition coefficient (Wildman–Crippen LogP) is 1.52. The van der Waals surface area contributed by atoms with Gasteiger partial charge in [-0.15, -0.1) is 0 Å². The van der Waals surface area contributed by atoms with Gasteiger partial charge in [-0.3, -0.25) is 0 Å². The number of ether oxygens (including phenoxy) is 1. The summed E-state index contributed by atoms with van der Waals surface area (Å²) in [6.45, 7) is 6.18. The molecule has 0 saturated heterocycles. The molecule has 15 heavy (non-hydrogen) atoms. The molecule has 0 aromatic carbocycles. The third kappa shape index (κ3) is 3.27. The Bertz CT molecular complexity index is 327. The molecule has 1 unspecified atom stereocenters. The molecule has 1 aromatic rings. The number of nitrogen functional groups attached to an aromatic ring is 1. The van der Waals surface area contributed by atoms with Crippen molar-refractivity contribution in [1.29, 1.82) is 0 Å². The molecule has 0 radical (unpaired) electrons. The van der Waals surface area contributed by atoms with E-state index in [1.807, 2.05) is 6.92 Å². The number of hydrogen-bond donors (Lipinski definition) is 2. The summed E-state index contributed by atoms with van der Waals surface area (Å²) in [5.74, 6) is 1.81. The van der Waals surface area contributed by atoms with E-state index in [1.165, 1.54) is 0 Å². The lowest BCUT2D eigenvalue weighted by molar-refractivity contribution is 0.163. The molecule has 5 heteroatoms. The fourth-order valence-corrected chi connectivity index (χ4v) is 0.958. The molecule has 0 saturated carbocycles. The van der Waals surface area contributed by atoms with Crippen molar-refractivity contribution in [3.63, 3.8) is 0 Å². The van der Waals surface area contributed by atoms with Gasteiger partial charge in [0.2, 0.25) is 11.8 Å². The maximum absolute atomic E-state index is 5.63. The van der Waals surface area contributed by atoms with Gasteiger partial charge in [-0.2, -0.15) is 9.97 Å². The van der Waals surface area contributed by atoms with Crippen LogP contribution >= 0.6 is 0 Å². The smallest absolute Gasteiger partial charge is 0.225 e. The maximum atomic E-state index is 5.63. The van der Waals surface area contributed by atoms with E-state index in [1.54, 1.807) is 13.1 Å². The van der Waals surface area contributed by atoms with Crippen LogP contribution in [-0.4, -0.2) is 23.1 Å². The highest BCUT2D eigenvalue weighted by molar-refractivity contribution is 5.42. The van der Waals surface area contributed by atoms with Crippen LogP contribution in [0.2, 0.25) is 0 Å². The summed E-state index contributed by atoms with van der Waals surface area (Å²) >= 11 is 0. The Labute approximate surface area is 90.1 Å². The normalized spacial score (nSPS) is 12.6. The minimum Gasteiger partial charge on any atom is -0.474 e. The first-order valence-corrected chi connectivity index (χ1v) is 5.02. The summed E-state index contributed by atoms with van der Waals surface area (Å²) in [5.41, 5.74) is 5.54. The van der Waals surface area contributed by atoms with Gasteiger partial charge in [-0.1, -0.05) is 13.8 Å². The second-order valence-corrected chi connectivity index (χ2v) is 3.77. The summed E-state index contributed by atoms with van der Waals surface area (Å²) in [6.07, 6.45) is 0.101. The van der Waals surface area contributed by atoms with Gasteiger partial charge in [-0.25, -0.2) is 0 Å². The Morgan fingerprint density at radius 1 is 1.33 bits per heavy atom. The van der Waals surface area contributed by atoms with E-state index in [0.717, 1.165) is 0 Å². The summed E-state index contributed by atoms with van der Waals surface area (Å²) in [6, 6.07) is 1.73. The summed E-state index contributed by atoms with van der Waals surface area (Å²) in [4.78, 5) is 7.99. The van der Waals surface area contributed by atoms with Crippen LogP contribution in [-0.2, 0) is 0 Å². The first kappa shape index (κ1) is 11.6. The molecule has 0 bridgehead atoms. The number of rotatable bonds is 4. The monoisotopic (exact) mass is 210 g/mol. The lowest BCUT2D eigenvalue weighted by Gasteiger charge is -2.17. The number of nitrogens with zero attached hydrogens (tertiary/aromatic N) is 2. The number of anilines is 2. The van der Waals surface area contributed by atoms with Gasteiger partial charge < -0.3 is 15.8 Å². The summed E-state index contributed by atoms with van der Waals surface area (Å²) in [7, 11) is 1.78. The number of aromatic nitrogens is 2. The lowest BCUT2D eigenvalue weighted by atomic mass is 10.1. The van der Waals surface area contributed by atoms with Gasteiger partial charge in [-0.05, 0) is 12.8 Å². The molecule has 5 nitrogen and oxygen atoms in total. The standard InChI is InChI=1S/C10H18N4O/c1-6(2)7(3)15-9-5-8(12-4)13-10(11)14-9/h5-7H,1-4H3,(H3,11,12,13,14). The molecule has 1 aromatic heterocycles. The molecule has 0 aliphatic heterocycles. The zero-order valence-electron chi connectivity index (χ0n) is 9.61. The first-order chi connectivity index (χ1) is 7.02. The van der Waals surface area contributed by atoms with Crippen molar-refractivity contribution in [1.82, 2.24) is 9.97 Å². The Morgan fingerprint density at radius 3 is 2.53 bits per heavy atom. The van der Waals surface area contributed by atoms with Gasteiger partial charge in [0.1, 0.15) is 5.82 Å². The topological polar surface area (TPSA) is 73.1 Å². The Kier molecular flexibility index (Phi) is 3.71. The van der Waals surface area contributed by atoms with E-state index in [0.29, 0.717) is 17.6 Å². The second kappa shape index (κ2) is 4.82. The van der Waals surface area contributed by atoms with Gasteiger partial charge >= 0.3 is 0 Å². The van der Waals surface area contributed by atoms with E-state index < -0.39 is 0 Å². The molecule has 84 valence electrons. The molecule has 0 amide bonds. The highest BCUT2D eigenvalue weighted by Gasteiger charge is 2.10. The molecule has 0 fully saturated rings. The summed E-state index contributed by atoms with van der Waals surface area (Å²) in [5, 5.41) is 2.90. The minimum atomic E-state index is 0.101. The van der Waals surface area contributed by atoms with E-state index in [4.69, 9.17) is 10.5 Å². The molecule has 0 spiro atoms. The van der Waals surface area contributed by atoms with Crippen molar-refractivity contribution < 1.29 is 4.74 Å². The third-order valence-electron chi connectivity index (χ3n) is 2.22. The maximum Gasteiger partial charge on any atom is 0.225 e. The minimum absolute atomic E-state index is 0.101. The Balaban J connectivity index is 2.80. The largest absolute Gasteiger partial charge is 0.474 e. The fraction of sp³-hybridized carbons (Fsp3) is 0.600. The van der Waals surface area contributed by atoms with E-state index >= 15 is 0 Å². The average molecular weight is 210 g/mol. The molecule has 3 N–H and O–H groups in total. The van der Waals surface area contributed by atoms with Crippen LogP contribution < -0.4 is 15.8 Å². The average Bonchev–Trinajstić information content (AvgIpc) is 2.16. The van der Waals surface area contributed by atoms with Gasteiger partial charge in [0.15, 0.2) is 0 Å². The molecule has 0 aliphatic carbocycles. The number of nitrogens with one attached hydrogen (secondary N) is 1. The van der Waals surface area contributed by atoms with Crippen LogP contribution in [0.3, 0.4) is 0 Å². The molecular weight excluding hydrogens is 192 g/mol. The van der Waals surface area contributed by atoms with Crippen molar-refractivity contribution in [2.45, 2.75) is 26.9 Å². The second-order valence-electron chi connectivity index (χ2n) is 3.77. The van der Waals surface area contributed by atoms with Crippen LogP contribution in [0.25, 0.3) is 0 Å². The Morgan fingerprint density at radius 2 is 2.00 bits per heavy atom. The first-order valence-electron chi connectivity index (χ1n) is 5.02. The van der Waals surface area contributed by atoms with Crippen LogP contribution in [0.15, 0.2) is 6.07 Å². The Hall–Kier alpha value is -1.52. The van der Waals surface area contributed by atoms with E-state index in [2.05, 4.69) is 29.1 Å². The quantitative estimate of drug-likeness (QED) is 0.788. The van der Waals surface area contributed by atoms with Crippen LogP contribution in [0.1, 0.15) is 20.8 Å². The molecule has 1 rings (SSSR count). The predicted molar refractivity (Wildman–Crippen MR) is 60.9 cm³/mol. The van der Waals surface area contributed by atoms with Gasteiger partial charge in [0.05, 0.1) is 6.10 Å². The van der Waals surface area contributed by atoms with Crippen LogP contribution in [0.4, 0.5) is 11.8 Å². The third-order valence-corrected chi connectivity index (χ3v) is 2.22. The highest BCUT2D eigenvalue weighted by atomic mass is 16.5. The zero-order chi connectivity index (χ0) is 11.4. The van der Waals surface area contributed by atoms with Crippen molar-refractivity contribution >= 4 is 11.8 Å². The summed E-state index contributed by atoms with van der Waals surface area (Å²) < 4.78 is 5.63. The van der Waals surface area contributed by atoms with Crippen molar-refractivity contribution in [3.05, 3.63) is 6.07 Å². The molecule has 1 heterocycles. The molecule has 0 aliphatic rings. The molecule has 1 atom stereocenters. The molecular formula is C10H18N4O. The SMILES string of the molecule is CNc1cc(OC(C)C(C)C)nc(N)n1. The van der Waals surface area contributed by atoms with Crippen molar-refractivity contribution in [3.8, 4) is 5.88 Å². The highest BCUT2D eigenvalue weighted by Crippen LogP contribution is 2.17. The fourth-order valence-electron chi connectivity index (χ4n) is 0.958. The van der Waals surface area contributed by atoms with E-state index in [9.17, 15) is 0 Å². The van der Waals surface area contributed by atoms with Gasteiger partial charge in [0, 0.05) is 13.1 Å². The number of nitrogens with two attached hydrogens (primary N) is 1.